The van der Waals surface area contributed by atoms with Crippen LogP contribution in [0, 0.1) is 6.92 Å². The van der Waals surface area contributed by atoms with Gasteiger partial charge in [-0.2, -0.15) is 4.31 Å². The van der Waals surface area contributed by atoms with Crippen molar-refractivity contribution in [2.45, 2.75) is 44.0 Å². The fourth-order valence-electron chi connectivity index (χ4n) is 2.38. The molecule has 1 aliphatic heterocycles. The SMILES string of the molecule is CC[C@@H]1CCCN1S(=O)(=O)c1ccc(C)cc1. The Kier molecular flexibility index (Phi) is 3.54. The monoisotopic (exact) mass is 253 g/mol. The van der Waals surface area contributed by atoms with E-state index in [2.05, 4.69) is 0 Å². The van der Waals surface area contributed by atoms with Gasteiger partial charge in [-0.1, -0.05) is 24.6 Å². The summed E-state index contributed by atoms with van der Waals surface area (Å²) in [6.07, 6.45) is 2.86. The van der Waals surface area contributed by atoms with Crippen molar-refractivity contribution in [3.05, 3.63) is 29.8 Å². The van der Waals surface area contributed by atoms with E-state index in [4.69, 9.17) is 0 Å². The Labute approximate surface area is 104 Å². The van der Waals surface area contributed by atoms with Gasteiger partial charge < -0.3 is 0 Å². The summed E-state index contributed by atoms with van der Waals surface area (Å²) in [5.41, 5.74) is 1.08. The zero-order valence-corrected chi connectivity index (χ0v) is 11.2. The second-order valence-electron chi connectivity index (χ2n) is 4.63. The highest BCUT2D eigenvalue weighted by atomic mass is 32.2. The van der Waals surface area contributed by atoms with Crippen molar-refractivity contribution in [3.63, 3.8) is 0 Å². The van der Waals surface area contributed by atoms with Gasteiger partial charge in [-0.3, -0.25) is 0 Å². The van der Waals surface area contributed by atoms with Crippen LogP contribution in [0.1, 0.15) is 31.7 Å². The Morgan fingerprint density at radius 2 is 1.94 bits per heavy atom. The number of benzene rings is 1. The number of rotatable bonds is 3. The third kappa shape index (κ3) is 2.38. The topological polar surface area (TPSA) is 37.4 Å². The van der Waals surface area contributed by atoms with E-state index in [9.17, 15) is 8.42 Å². The molecule has 0 unspecified atom stereocenters. The van der Waals surface area contributed by atoms with Crippen molar-refractivity contribution >= 4 is 10.0 Å². The largest absolute Gasteiger partial charge is 0.243 e. The molecule has 1 fully saturated rings. The average Bonchev–Trinajstić information content (AvgIpc) is 2.78. The summed E-state index contributed by atoms with van der Waals surface area (Å²) < 4.78 is 26.5. The summed E-state index contributed by atoms with van der Waals surface area (Å²) in [6.45, 7) is 4.67. The summed E-state index contributed by atoms with van der Waals surface area (Å²) in [7, 11) is -3.28. The van der Waals surface area contributed by atoms with Crippen molar-refractivity contribution in [3.8, 4) is 0 Å². The van der Waals surface area contributed by atoms with Crippen LogP contribution in [0.5, 0.6) is 0 Å². The van der Waals surface area contributed by atoms with Crippen molar-refractivity contribution < 1.29 is 8.42 Å². The highest BCUT2D eigenvalue weighted by molar-refractivity contribution is 7.89. The molecule has 0 spiro atoms. The van der Waals surface area contributed by atoms with E-state index in [1.807, 2.05) is 26.0 Å². The van der Waals surface area contributed by atoms with Crippen LogP contribution >= 0.6 is 0 Å². The Balaban J connectivity index is 2.33. The van der Waals surface area contributed by atoms with Gasteiger partial charge >= 0.3 is 0 Å². The molecule has 0 radical (unpaired) electrons. The Hall–Kier alpha value is -0.870. The Morgan fingerprint density at radius 3 is 2.53 bits per heavy atom. The van der Waals surface area contributed by atoms with Crippen molar-refractivity contribution in [2.75, 3.05) is 6.54 Å². The molecule has 1 atom stereocenters. The molecule has 0 aliphatic carbocycles. The molecule has 4 heteroatoms. The van der Waals surface area contributed by atoms with Crippen molar-refractivity contribution in [1.82, 2.24) is 4.31 Å². The molecule has 1 aromatic carbocycles. The van der Waals surface area contributed by atoms with E-state index in [1.165, 1.54) is 0 Å². The number of hydrogen-bond acceptors (Lipinski definition) is 2. The minimum Gasteiger partial charge on any atom is -0.207 e. The smallest absolute Gasteiger partial charge is 0.207 e. The van der Waals surface area contributed by atoms with Gasteiger partial charge in [0.25, 0.3) is 0 Å². The van der Waals surface area contributed by atoms with Crippen LogP contribution in [-0.4, -0.2) is 25.3 Å². The predicted molar refractivity (Wildman–Crippen MR) is 68.4 cm³/mol. The van der Waals surface area contributed by atoms with E-state index in [1.54, 1.807) is 16.4 Å². The van der Waals surface area contributed by atoms with Crippen LogP contribution in [0.4, 0.5) is 0 Å². The molecule has 94 valence electrons. The van der Waals surface area contributed by atoms with Crippen LogP contribution in [0.15, 0.2) is 29.2 Å². The highest BCUT2D eigenvalue weighted by Crippen LogP contribution is 2.27. The lowest BCUT2D eigenvalue weighted by atomic mass is 10.2. The zero-order valence-electron chi connectivity index (χ0n) is 10.4. The average molecular weight is 253 g/mol. The maximum absolute atomic E-state index is 12.4. The molecule has 0 aromatic heterocycles. The first-order chi connectivity index (χ1) is 8.05. The van der Waals surface area contributed by atoms with Gasteiger partial charge in [0.15, 0.2) is 0 Å². The summed E-state index contributed by atoms with van der Waals surface area (Å²) in [5.74, 6) is 0. The van der Waals surface area contributed by atoms with Gasteiger partial charge in [0.05, 0.1) is 4.90 Å². The maximum Gasteiger partial charge on any atom is 0.243 e. The van der Waals surface area contributed by atoms with Gasteiger partial charge in [0.2, 0.25) is 10.0 Å². The molecule has 0 saturated carbocycles. The van der Waals surface area contributed by atoms with Crippen LogP contribution in [0.3, 0.4) is 0 Å². The normalized spacial score (nSPS) is 21.9. The zero-order chi connectivity index (χ0) is 12.5. The maximum atomic E-state index is 12.4. The summed E-state index contributed by atoms with van der Waals surface area (Å²) >= 11 is 0. The van der Waals surface area contributed by atoms with Gasteiger partial charge in [-0.25, -0.2) is 8.42 Å². The first kappa shape index (κ1) is 12.6. The van der Waals surface area contributed by atoms with Crippen molar-refractivity contribution in [1.29, 1.82) is 0 Å². The molecule has 17 heavy (non-hydrogen) atoms. The lowest BCUT2D eigenvalue weighted by Crippen LogP contribution is -2.35. The fraction of sp³-hybridized carbons (Fsp3) is 0.538. The minimum atomic E-state index is -3.28. The quantitative estimate of drug-likeness (QED) is 0.830. The molecule has 0 amide bonds. The number of sulfonamides is 1. The standard InChI is InChI=1S/C13H19NO2S/c1-3-12-5-4-10-14(12)17(15,16)13-8-6-11(2)7-9-13/h6-9,12H,3-5,10H2,1-2H3/t12-/m1/s1. The van der Waals surface area contributed by atoms with Gasteiger partial charge in [0.1, 0.15) is 0 Å². The van der Waals surface area contributed by atoms with E-state index >= 15 is 0 Å². The molecular formula is C13H19NO2S. The Morgan fingerprint density at radius 1 is 1.29 bits per heavy atom. The lowest BCUT2D eigenvalue weighted by Gasteiger charge is -2.23. The van der Waals surface area contributed by atoms with E-state index in [0.717, 1.165) is 24.8 Å². The third-order valence-corrected chi connectivity index (χ3v) is 5.39. The van der Waals surface area contributed by atoms with Crippen molar-refractivity contribution in [2.24, 2.45) is 0 Å². The highest BCUT2D eigenvalue weighted by Gasteiger charge is 2.33. The molecule has 0 N–H and O–H groups in total. The molecule has 1 heterocycles. The lowest BCUT2D eigenvalue weighted by molar-refractivity contribution is 0.379. The number of hydrogen-bond donors (Lipinski definition) is 0. The number of aryl methyl sites for hydroxylation is 1. The van der Waals surface area contributed by atoms with E-state index < -0.39 is 10.0 Å². The third-order valence-electron chi connectivity index (χ3n) is 3.42. The van der Waals surface area contributed by atoms with Gasteiger partial charge in [-0.15, -0.1) is 0 Å². The molecular weight excluding hydrogens is 234 g/mol. The van der Waals surface area contributed by atoms with Gasteiger partial charge in [-0.05, 0) is 38.3 Å². The molecule has 3 nitrogen and oxygen atoms in total. The first-order valence-electron chi connectivity index (χ1n) is 6.14. The minimum absolute atomic E-state index is 0.182. The molecule has 0 bridgehead atoms. The van der Waals surface area contributed by atoms with E-state index in [0.29, 0.717) is 11.4 Å². The van der Waals surface area contributed by atoms with E-state index in [-0.39, 0.29) is 6.04 Å². The number of nitrogens with zero attached hydrogens (tertiary/aromatic N) is 1. The first-order valence-corrected chi connectivity index (χ1v) is 7.58. The molecule has 1 aliphatic rings. The Bertz CT molecular complexity index is 479. The summed E-state index contributed by atoms with van der Waals surface area (Å²) in [4.78, 5) is 0.420. The summed E-state index contributed by atoms with van der Waals surface area (Å²) in [5, 5.41) is 0. The van der Waals surface area contributed by atoms with Crippen LogP contribution < -0.4 is 0 Å². The molecule has 1 saturated heterocycles. The second-order valence-corrected chi connectivity index (χ2v) is 6.52. The summed E-state index contributed by atoms with van der Waals surface area (Å²) in [6, 6.07) is 7.29. The molecule has 1 aromatic rings. The second kappa shape index (κ2) is 4.78. The van der Waals surface area contributed by atoms with Crippen LogP contribution in [0.25, 0.3) is 0 Å². The fourth-order valence-corrected chi connectivity index (χ4v) is 4.15. The van der Waals surface area contributed by atoms with Gasteiger partial charge in [0, 0.05) is 12.6 Å². The predicted octanol–water partition coefficient (Wildman–Crippen LogP) is 2.56. The van der Waals surface area contributed by atoms with Crippen LogP contribution in [0.2, 0.25) is 0 Å². The molecule has 2 rings (SSSR count). The van der Waals surface area contributed by atoms with Crippen LogP contribution in [-0.2, 0) is 10.0 Å².